The van der Waals surface area contributed by atoms with E-state index < -0.39 is 5.97 Å². The van der Waals surface area contributed by atoms with Gasteiger partial charge in [-0.3, -0.25) is 9.59 Å². The number of thioether (sulfide) groups is 1. The van der Waals surface area contributed by atoms with Gasteiger partial charge in [0.15, 0.2) is 0 Å². The van der Waals surface area contributed by atoms with Gasteiger partial charge in [0.25, 0.3) is 0 Å². The highest BCUT2D eigenvalue weighted by atomic mass is 32.2. The molecule has 0 spiro atoms. The minimum Gasteiger partial charge on any atom is -0.481 e. The van der Waals surface area contributed by atoms with E-state index in [2.05, 4.69) is 31.2 Å². The van der Waals surface area contributed by atoms with Crippen LogP contribution >= 0.6 is 11.8 Å². The summed E-state index contributed by atoms with van der Waals surface area (Å²) < 4.78 is 4.70. The number of carboxylic acids is 1. The van der Waals surface area contributed by atoms with Crippen molar-refractivity contribution in [3.8, 4) is 0 Å². The van der Waals surface area contributed by atoms with Gasteiger partial charge in [-0.25, -0.2) is 0 Å². The van der Waals surface area contributed by atoms with Crippen molar-refractivity contribution in [2.45, 2.75) is 95.6 Å². The number of ether oxygens (including phenoxy) is 1. The normalized spacial score (nSPS) is 11.9. The fourth-order valence-electron chi connectivity index (χ4n) is 3.52. The molecule has 1 aromatic rings. The standard InChI is InChI=1S/C25H40O4S/c1-3-4-5-6-7-8-9-12-21-15-17-22(18-16-21)23(30-20-19-24(26)27)13-10-11-14-25(28)29-2/h15-18,23H,3-14,19-20H2,1-2H3,(H,26,27). The van der Waals surface area contributed by atoms with E-state index in [-0.39, 0.29) is 17.6 Å². The highest BCUT2D eigenvalue weighted by Gasteiger charge is 2.13. The molecule has 0 aliphatic rings. The minimum atomic E-state index is -0.753. The zero-order valence-electron chi connectivity index (χ0n) is 18.9. The first kappa shape index (κ1) is 26.5. The monoisotopic (exact) mass is 436 g/mol. The van der Waals surface area contributed by atoms with Gasteiger partial charge in [0, 0.05) is 17.4 Å². The molecule has 1 aromatic carbocycles. The van der Waals surface area contributed by atoms with E-state index in [9.17, 15) is 9.59 Å². The largest absolute Gasteiger partial charge is 0.481 e. The van der Waals surface area contributed by atoms with Gasteiger partial charge in [-0.2, -0.15) is 11.8 Å². The third-order valence-electron chi connectivity index (χ3n) is 5.38. The number of carbonyl (C=O) groups is 2. The summed E-state index contributed by atoms with van der Waals surface area (Å²) in [7, 11) is 1.42. The number of aryl methyl sites for hydroxylation is 1. The van der Waals surface area contributed by atoms with Crippen LogP contribution in [0.25, 0.3) is 0 Å². The maximum absolute atomic E-state index is 11.3. The lowest BCUT2D eigenvalue weighted by molar-refractivity contribution is -0.140. The van der Waals surface area contributed by atoms with Crippen LogP contribution in [0.3, 0.4) is 0 Å². The summed E-state index contributed by atoms with van der Waals surface area (Å²) in [5.41, 5.74) is 2.64. The Bertz CT molecular complexity index is 585. The number of aliphatic carboxylic acids is 1. The highest BCUT2D eigenvalue weighted by molar-refractivity contribution is 7.99. The Kier molecular flexibility index (Phi) is 15.2. The lowest BCUT2D eigenvalue weighted by Crippen LogP contribution is -2.02. The molecule has 0 aromatic heterocycles. The molecule has 0 aliphatic carbocycles. The molecular weight excluding hydrogens is 396 g/mol. The maximum atomic E-state index is 11.3. The van der Waals surface area contributed by atoms with Crippen LogP contribution < -0.4 is 0 Å². The fraction of sp³-hybridized carbons (Fsp3) is 0.680. The number of carbonyl (C=O) groups excluding carboxylic acids is 1. The summed E-state index contributed by atoms with van der Waals surface area (Å²) in [6.45, 7) is 2.25. The first-order valence-corrected chi connectivity index (χ1v) is 12.6. The van der Waals surface area contributed by atoms with Crippen LogP contribution in [0.5, 0.6) is 0 Å². The highest BCUT2D eigenvalue weighted by Crippen LogP contribution is 2.34. The average molecular weight is 437 g/mol. The number of benzene rings is 1. The van der Waals surface area contributed by atoms with Gasteiger partial charge in [0.05, 0.1) is 13.5 Å². The molecule has 0 bridgehead atoms. The third kappa shape index (κ3) is 12.9. The van der Waals surface area contributed by atoms with E-state index in [1.54, 1.807) is 11.8 Å². The molecule has 5 heteroatoms. The molecule has 4 nitrogen and oxygen atoms in total. The molecule has 170 valence electrons. The fourth-order valence-corrected chi connectivity index (χ4v) is 4.78. The number of esters is 1. The van der Waals surface area contributed by atoms with E-state index >= 15 is 0 Å². The zero-order chi connectivity index (χ0) is 22.0. The molecule has 0 heterocycles. The van der Waals surface area contributed by atoms with Crippen LogP contribution in [0.2, 0.25) is 0 Å². The van der Waals surface area contributed by atoms with Crippen LogP contribution in [-0.4, -0.2) is 29.9 Å². The van der Waals surface area contributed by atoms with Crippen molar-refractivity contribution in [1.29, 1.82) is 0 Å². The Morgan fingerprint density at radius 1 is 0.933 bits per heavy atom. The first-order valence-electron chi connectivity index (χ1n) is 11.6. The molecule has 1 rings (SSSR count). The van der Waals surface area contributed by atoms with Crippen molar-refractivity contribution < 1.29 is 19.4 Å². The molecule has 0 aliphatic heterocycles. The summed E-state index contributed by atoms with van der Waals surface area (Å²) in [5, 5.41) is 9.21. The van der Waals surface area contributed by atoms with Crippen molar-refractivity contribution in [2.75, 3.05) is 12.9 Å². The summed E-state index contributed by atoms with van der Waals surface area (Å²) in [6.07, 6.45) is 13.7. The van der Waals surface area contributed by atoms with E-state index in [1.807, 2.05) is 0 Å². The molecule has 0 radical (unpaired) electrons. The van der Waals surface area contributed by atoms with E-state index in [1.165, 1.54) is 63.2 Å². The van der Waals surface area contributed by atoms with Gasteiger partial charge >= 0.3 is 11.9 Å². The molecule has 0 saturated carbocycles. The number of hydrogen-bond donors (Lipinski definition) is 1. The number of rotatable bonds is 18. The number of carboxylic acid groups (broad SMARTS) is 1. The number of hydrogen-bond acceptors (Lipinski definition) is 4. The number of methoxy groups -OCH3 is 1. The van der Waals surface area contributed by atoms with Gasteiger partial charge in [-0.15, -0.1) is 0 Å². The van der Waals surface area contributed by atoms with Crippen LogP contribution in [0.15, 0.2) is 24.3 Å². The minimum absolute atomic E-state index is 0.167. The molecule has 0 fully saturated rings. The van der Waals surface area contributed by atoms with Gasteiger partial charge in [0.1, 0.15) is 0 Å². The predicted octanol–water partition coefficient (Wildman–Crippen LogP) is 6.96. The third-order valence-corrected chi connectivity index (χ3v) is 6.73. The van der Waals surface area contributed by atoms with Gasteiger partial charge in [-0.05, 0) is 36.8 Å². The quantitative estimate of drug-likeness (QED) is 0.199. The Morgan fingerprint density at radius 3 is 2.23 bits per heavy atom. The summed E-state index contributed by atoms with van der Waals surface area (Å²) in [5.74, 6) is -0.312. The van der Waals surface area contributed by atoms with Crippen LogP contribution in [0, 0.1) is 0 Å². The molecule has 30 heavy (non-hydrogen) atoms. The summed E-state index contributed by atoms with van der Waals surface area (Å²) in [4.78, 5) is 22.2. The molecule has 0 amide bonds. The topological polar surface area (TPSA) is 63.6 Å². The van der Waals surface area contributed by atoms with Crippen molar-refractivity contribution >= 4 is 23.7 Å². The Balaban J connectivity index is 2.46. The van der Waals surface area contributed by atoms with Crippen molar-refractivity contribution in [3.63, 3.8) is 0 Å². The van der Waals surface area contributed by atoms with E-state index in [0.29, 0.717) is 12.2 Å². The van der Waals surface area contributed by atoms with Crippen molar-refractivity contribution in [3.05, 3.63) is 35.4 Å². The maximum Gasteiger partial charge on any atom is 0.305 e. The zero-order valence-corrected chi connectivity index (χ0v) is 19.7. The molecule has 1 unspecified atom stereocenters. The summed E-state index contributed by atoms with van der Waals surface area (Å²) in [6, 6.07) is 8.86. The Labute approximate surface area is 187 Å². The second-order valence-electron chi connectivity index (χ2n) is 7.94. The van der Waals surface area contributed by atoms with Gasteiger partial charge in [-0.1, -0.05) is 76.1 Å². The molecule has 1 N–H and O–H groups in total. The lowest BCUT2D eigenvalue weighted by atomic mass is 10.0. The van der Waals surface area contributed by atoms with Crippen LogP contribution in [0.4, 0.5) is 0 Å². The van der Waals surface area contributed by atoms with Crippen molar-refractivity contribution in [1.82, 2.24) is 0 Å². The Hall–Kier alpha value is -1.49. The average Bonchev–Trinajstić information content (AvgIpc) is 2.74. The van der Waals surface area contributed by atoms with Crippen LogP contribution in [-0.2, 0) is 20.7 Å². The molecule has 0 saturated heterocycles. The second kappa shape index (κ2) is 17.2. The second-order valence-corrected chi connectivity index (χ2v) is 9.25. The molecule has 1 atom stereocenters. The summed E-state index contributed by atoms with van der Waals surface area (Å²) >= 11 is 1.71. The van der Waals surface area contributed by atoms with E-state index in [0.717, 1.165) is 25.7 Å². The van der Waals surface area contributed by atoms with Crippen LogP contribution in [0.1, 0.15) is 100 Å². The van der Waals surface area contributed by atoms with Gasteiger partial charge in [0.2, 0.25) is 0 Å². The predicted molar refractivity (Wildman–Crippen MR) is 126 cm³/mol. The number of unbranched alkanes of at least 4 members (excludes halogenated alkanes) is 7. The lowest BCUT2D eigenvalue weighted by Gasteiger charge is -2.17. The van der Waals surface area contributed by atoms with Crippen molar-refractivity contribution in [2.24, 2.45) is 0 Å². The SMILES string of the molecule is CCCCCCCCCc1ccc(C(CCCCC(=O)OC)SCCC(=O)O)cc1. The van der Waals surface area contributed by atoms with Gasteiger partial charge < -0.3 is 9.84 Å². The smallest absolute Gasteiger partial charge is 0.305 e. The Morgan fingerprint density at radius 2 is 1.60 bits per heavy atom. The first-order chi connectivity index (χ1) is 14.6. The van der Waals surface area contributed by atoms with E-state index in [4.69, 9.17) is 9.84 Å². The molecular formula is C25H40O4S.